The standard InChI is InChI=1S/C16H26F3N5O/c1-12(2)9-24(11-16(17,18)19)14(25)10-23-7-4-20-8-13(23)15-21-5-6-22(15)3/h5-6,12-13,20H,4,7-11H2,1-3H3. The summed E-state index contributed by atoms with van der Waals surface area (Å²) < 4.78 is 40.3. The highest BCUT2D eigenvalue weighted by atomic mass is 19.4. The van der Waals surface area contributed by atoms with Crippen LogP contribution in [0.2, 0.25) is 0 Å². The SMILES string of the molecule is CC(C)CN(CC(F)(F)F)C(=O)CN1CCNCC1c1nccn1C. The average molecular weight is 361 g/mol. The minimum absolute atomic E-state index is 0.0281. The minimum atomic E-state index is -4.40. The zero-order valence-electron chi connectivity index (χ0n) is 14.9. The summed E-state index contributed by atoms with van der Waals surface area (Å²) in [5, 5.41) is 3.25. The largest absolute Gasteiger partial charge is 0.406 e. The van der Waals surface area contributed by atoms with Gasteiger partial charge in [0.15, 0.2) is 0 Å². The predicted octanol–water partition coefficient (Wildman–Crippen LogP) is 1.41. The summed E-state index contributed by atoms with van der Waals surface area (Å²) in [4.78, 5) is 19.7. The Balaban J connectivity index is 2.10. The van der Waals surface area contributed by atoms with Crippen molar-refractivity contribution in [3.05, 3.63) is 18.2 Å². The molecule has 142 valence electrons. The maximum absolute atomic E-state index is 12.8. The van der Waals surface area contributed by atoms with E-state index < -0.39 is 18.6 Å². The van der Waals surface area contributed by atoms with Gasteiger partial charge in [-0.2, -0.15) is 13.2 Å². The van der Waals surface area contributed by atoms with Gasteiger partial charge in [-0.15, -0.1) is 0 Å². The van der Waals surface area contributed by atoms with Gasteiger partial charge >= 0.3 is 6.18 Å². The highest BCUT2D eigenvalue weighted by molar-refractivity contribution is 5.78. The lowest BCUT2D eigenvalue weighted by atomic mass is 10.1. The van der Waals surface area contributed by atoms with Gasteiger partial charge in [0.2, 0.25) is 5.91 Å². The van der Waals surface area contributed by atoms with Crippen molar-refractivity contribution < 1.29 is 18.0 Å². The molecule has 1 unspecified atom stereocenters. The zero-order valence-corrected chi connectivity index (χ0v) is 14.9. The summed E-state index contributed by atoms with van der Waals surface area (Å²) in [6, 6.07) is -0.135. The van der Waals surface area contributed by atoms with E-state index in [-0.39, 0.29) is 25.0 Å². The molecular weight excluding hydrogens is 335 g/mol. The highest BCUT2D eigenvalue weighted by Gasteiger charge is 2.35. The third kappa shape index (κ3) is 5.71. The van der Waals surface area contributed by atoms with Gasteiger partial charge in [0.1, 0.15) is 12.4 Å². The van der Waals surface area contributed by atoms with Gasteiger partial charge in [-0.25, -0.2) is 4.98 Å². The molecule has 1 atom stereocenters. The van der Waals surface area contributed by atoms with E-state index in [0.717, 1.165) is 10.7 Å². The number of aryl methyl sites for hydroxylation is 1. The van der Waals surface area contributed by atoms with E-state index in [0.29, 0.717) is 19.6 Å². The molecule has 1 aromatic heterocycles. The Morgan fingerprint density at radius 1 is 1.48 bits per heavy atom. The molecule has 1 aliphatic rings. The number of halogens is 3. The lowest BCUT2D eigenvalue weighted by Gasteiger charge is -2.36. The molecular formula is C16H26F3N5O. The van der Waals surface area contributed by atoms with Crippen molar-refractivity contribution in [3.63, 3.8) is 0 Å². The van der Waals surface area contributed by atoms with Crippen LogP contribution in [0.25, 0.3) is 0 Å². The number of hydrogen-bond donors (Lipinski definition) is 1. The van der Waals surface area contributed by atoms with E-state index in [9.17, 15) is 18.0 Å². The lowest BCUT2D eigenvalue weighted by molar-refractivity contribution is -0.163. The van der Waals surface area contributed by atoms with Gasteiger partial charge in [-0.3, -0.25) is 9.69 Å². The van der Waals surface area contributed by atoms with Crippen LogP contribution in [0.3, 0.4) is 0 Å². The van der Waals surface area contributed by atoms with E-state index in [1.807, 2.05) is 22.7 Å². The summed E-state index contributed by atoms with van der Waals surface area (Å²) in [7, 11) is 1.87. The van der Waals surface area contributed by atoms with Crippen molar-refractivity contribution in [2.24, 2.45) is 13.0 Å². The molecule has 1 N–H and O–H groups in total. The third-order valence-electron chi connectivity index (χ3n) is 4.16. The highest BCUT2D eigenvalue weighted by Crippen LogP contribution is 2.22. The fourth-order valence-electron chi connectivity index (χ4n) is 3.07. The molecule has 1 fully saturated rings. The molecule has 2 heterocycles. The molecule has 0 radical (unpaired) electrons. The normalized spacial score (nSPS) is 19.4. The summed E-state index contributed by atoms with van der Waals surface area (Å²) in [5.41, 5.74) is 0. The zero-order chi connectivity index (χ0) is 18.6. The van der Waals surface area contributed by atoms with Crippen LogP contribution in [-0.4, -0.2) is 70.7 Å². The summed E-state index contributed by atoms with van der Waals surface area (Å²) in [5.74, 6) is 0.276. The number of nitrogens with one attached hydrogen (secondary N) is 1. The van der Waals surface area contributed by atoms with Gasteiger partial charge in [0.25, 0.3) is 0 Å². The molecule has 1 amide bonds. The fourth-order valence-corrected chi connectivity index (χ4v) is 3.07. The number of imidazole rings is 1. The first-order valence-corrected chi connectivity index (χ1v) is 8.44. The Morgan fingerprint density at radius 3 is 2.76 bits per heavy atom. The van der Waals surface area contributed by atoms with Crippen molar-refractivity contribution in [2.75, 3.05) is 39.3 Å². The molecule has 0 saturated carbocycles. The summed E-state index contributed by atoms with van der Waals surface area (Å²) in [6.07, 6.45) is -0.898. The quantitative estimate of drug-likeness (QED) is 0.833. The van der Waals surface area contributed by atoms with E-state index in [2.05, 4.69) is 10.3 Å². The Labute approximate surface area is 146 Å². The van der Waals surface area contributed by atoms with Gasteiger partial charge in [-0.05, 0) is 5.92 Å². The molecule has 6 nitrogen and oxygen atoms in total. The van der Waals surface area contributed by atoms with Crippen molar-refractivity contribution in [3.8, 4) is 0 Å². The van der Waals surface area contributed by atoms with E-state index in [1.165, 1.54) is 0 Å². The molecule has 0 aromatic carbocycles. The van der Waals surface area contributed by atoms with Crippen LogP contribution in [0.4, 0.5) is 13.2 Å². The van der Waals surface area contributed by atoms with Crippen molar-refractivity contribution in [2.45, 2.75) is 26.1 Å². The molecule has 0 bridgehead atoms. The summed E-state index contributed by atoms with van der Waals surface area (Å²) in [6.45, 7) is 4.35. The number of carbonyl (C=O) groups excluding carboxylic acids is 1. The van der Waals surface area contributed by atoms with Crippen molar-refractivity contribution in [1.82, 2.24) is 24.7 Å². The second-order valence-corrected chi connectivity index (χ2v) is 6.87. The first kappa shape index (κ1) is 19.7. The van der Waals surface area contributed by atoms with Crippen LogP contribution in [0.15, 0.2) is 12.4 Å². The second kappa shape index (κ2) is 8.18. The average Bonchev–Trinajstić information content (AvgIpc) is 2.91. The number of amides is 1. The van der Waals surface area contributed by atoms with E-state index in [4.69, 9.17) is 0 Å². The van der Waals surface area contributed by atoms with Crippen LogP contribution in [0, 0.1) is 5.92 Å². The molecule has 9 heteroatoms. The number of nitrogens with zero attached hydrogens (tertiary/aromatic N) is 4. The molecule has 0 spiro atoms. The smallest absolute Gasteiger partial charge is 0.337 e. The number of hydrogen-bond acceptors (Lipinski definition) is 4. The first-order valence-electron chi connectivity index (χ1n) is 8.44. The molecule has 25 heavy (non-hydrogen) atoms. The van der Waals surface area contributed by atoms with E-state index in [1.54, 1.807) is 20.0 Å². The maximum Gasteiger partial charge on any atom is 0.406 e. The molecule has 0 aliphatic carbocycles. The molecule has 1 saturated heterocycles. The topological polar surface area (TPSA) is 53.4 Å². The van der Waals surface area contributed by atoms with Crippen LogP contribution < -0.4 is 5.32 Å². The van der Waals surface area contributed by atoms with Gasteiger partial charge in [-0.1, -0.05) is 13.8 Å². The Bertz CT molecular complexity index is 572. The van der Waals surface area contributed by atoms with Crippen molar-refractivity contribution >= 4 is 5.91 Å². The van der Waals surface area contributed by atoms with Gasteiger partial charge < -0.3 is 14.8 Å². The number of alkyl halides is 3. The number of aromatic nitrogens is 2. The first-order chi connectivity index (χ1) is 11.7. The van der Waals surface area contributed by atoms with E-state index >= 15 is 0 Å². The third-order valence-corrected chi connectivity index (χ3v) is 4.16. The lowest BCUT2D eigenvalue weighted by Crippen LogP contribution is -2.52. The Morgan fingerprint density at radius 2 is 2.20 bits per heavy atom. The van der Waals surface area contributed by atoms with Crippen LogP contribution in [0.5, 0.6) is 0 Å². The van der Waals surface area contributed by atoms with Crippen LogP contribution >= 0.6 is 0 Å². The number of rotatable bonds is 6. The molecule has 2 rings (SSSR count). The summed E-state index contributed by atoms with van der Waals surface area (Å²) >= 11 is 0. The Hall–Kier alpha value is -1.61. The monoisotopic (exact) mass is 361 g/mol. The number of piperazine rings is 1. The maximum atomic E-state index is 12.8. The van der Waals surface area contributed by atoms with Gasteiger partial charge in [0, 0.05) is 45.6 Å². The molecule has 1 aromatic rings. The van der Waals surface area contributed by atoms with Crippen LogP contribution in [0.1, 0.15) is 25.7 Å². The number of carbonyl (C=O) groups is 1. The Kier molecular flexibility index (Phi) is 6.45. The van der Waals surface area contributed by atoms with Crippen LogP contribution in [-0.2, 0) is 11.8 Å². The predicted molar refractivity (Wildman–Crippen MR) is 87.9 cm³/mol. The second-order valence-electron chi connectivity index (χ2n) is 6.87. The molecule has 1 aliphatic heterocycles. The van der Waals surface area contributed by atoms with Crippen molar-refractivity contribution in [1.29, 1.82) is 0 Å². The minimum Gasteiger partial charge on any atom is -0.337 e. The van der Waals surface area contributed by atoms with Gasteiger partial charge in [0.05, 0.1) is 12.6 Å². The fraction of sp³-hybridized carbons (Fsp3) is 0.750.